The van der Waals surface area contributed by atoms with Crippen LogP contribution in [-0.4, -0.2) is 13.0 Å². The van der Waals surface area contributed by atoms with E-state index < -0.39 is 17.6 Å². The number of nitrogens with one attached hydrogen (secondary N) is 1. The number of nitrogens with zero attached hydrogens (tertiary/aromatic N) is 1. The fourth-order valence-corrected chi connectivity index (χ4v) is 3.90. The number of hydrogen-bond acceptors (Lipinski definition) is 4. The minimum Gasteiger partial charge on any atom is -0.493 e. The van der Waals surface area contributed by atoms with Crippen molar-refractivity contribution >= 4 is 56.8 Å². The van der Waals surface area contributed by atoms with Gasteiger partial charge in [0.15, 0.2) is 11.5 Å². The molecule has 11 heteroatoms. The molecule has 0 bridgehead atoms. The smallest absolute Gasteiger partial charge is 0.416 e. The summed E-state index contributed by atoms with van der Waals surface area (Å²) in [5.74, 6) is -0.204. The number of hydrogen-bond donors (Lipinski definition) is 1. The van der Waals surface area contributed by atoms with Crippen LogP contribution in [0, 0.1) is 11.3 Å². The predicted octanol–water partition coefficient (Wildman–Crippen LogP) is 7.91. The van der Waals surface area contributed by atoms with E-state index in [0.717, 1.165) is 18.2 Å². The summed E-state index contributed by atoms with van der Waals surface area (Å²) >= 11 is 15.5. The van der Waals surface area contributed by atoms with Gasteiger partial charge >= 0.3 is 6.18 Å². The number of rotatable bonds is 7. The summed E-state index contributed by atoms with van der Waals surface area (Å²) in [6, 6.07) is 14.0. The summed E-state index contributed by atoms with van der Waals surface area (Å²) < 4.78 is 50.5. The number of ether oxygens (including phenoxy) is 2. The van der Waals surface area contributed by atoms with Crippen molar-refractivity contribution in [2.75, 3.05) is 12.4 Å². The Hall–Kier alpha value is -3.19. The van der Waals surface area contributed by atoms with Crippen LogP contribution in [0.25, 0.3) is 6.08 Å². The molecule has 0 aromatic heterocycles. The van der Waals surface area contributed by atoms with Gasteiger partial charge in [0.25, 0.3) is 5.91 Å². The van der Waals surface area contributed by atoms with Gasteiger partial charge in [0, 0.05) is 25.8 Å². The van der Waals surface area contributed by atoms with Crippen molar-refractivity contribution in [1.29, 1.82) is 5.26 Å². The molecule has 3 rings (SSSR count). The molecular formula is C25H16BrCl2F3N2O3. The van der Waals surface area contributed by atoms with Gasteiger partial charge in [0.05, 0.1) is 12.7 Å². The number of alkyl halides is 3. The Morgan fingerprint density at radius 3 is 2.53 bits per heavy atom. The van der Waals surface area contributed by atoms with E-state index in [0.29, 0.717) is 37.1 Å². The molecule has 0 heterocycles. The first kappa shape index (κ1) is 27.4. The highest BCUT2D eigenvalue weighted by Gasteiger charge is 2.30. The van der Waals surface area contributed by atoms with Crippen LogP contribution in [0.4, 0.5) is 18.9 Å². The number of carbonyl (C=O) groups excluding carboxylic acids is 1. The number of nitriles is 1. The Balaban J connectivity index is 1.83. The van der Waals surface area contributed by atoms with Crippen LogP contribution in [0.3, 0.4) is 0 Å². The molecule has 0 fully saturated rings. The molecule has 5 nitrogen and oxygen atoms in total. The highest BCUT2D eigenvalue weighted by Crippen LogP contribution is 2.36. The molecule has 1 N–H and O–H groups in total. The SMILES string of the molecule is COc1cc(/C=C(/C#N)C(=O)Nc2cccc(C(F)(F)F)c2)c(Br)cc1OCc1ccc(Cl)cc1Cl. The first-order valence-corrected chi connectivity index (χ1v) is 11.6. The van der Waals surface area contributed by atoms with Gasteiger partial charge in [-0.3, -0.25) is 4.79 Å². The van der Waals surface area contributed by atoms with Crippen LogP contribution in [0.5, 0.6) is 11.5 Å². The molecule has 0 spiro atoms. The maximum Gasteiger partial charge on any atom is 0.416 e. The first-order valence-electron chi connectivity index (χ1n) is 10.1. The average molecular weight is 600 g/mol. The highest BCUT2D eigenvalue weighted by atomic mass is 79.9. The van der Waals surface area contributed by atoms with Crippen LogP contribution in [0.1, 0.15) is 16.7 Å². The van der Waals surface area contributed by atoms with Crippen molar-refractivity contribution in [2.24, 2.45) is 0 Å². The Morgan fingerprint density at radius 2 is 1.89 bits per heavy atom. The van der Waals surface area contributed by atoms with E-state index in [9.17, 15) is 23.2 Å². The fourth-order valence-electron chi connectivity index (χ4n) is 3.00. The lowest BCUT2D eigenvalue weighted by Crippen LogP contribution is -2.14. The van der Waals surface area contributed by atoms with Gasteiger partial charge in [-0.25, -0.2) is 0 Å². The lowest BCUT2D eigenvalue weighted by Gasteiger charge is -2.14. The maximum atomic E-state index is 12.9. The molecule has 1 amide bonds. The van der Waals surface area contributed by atoms with Crippen LogP contribution < -0.4 is 14.8 Å². The summed E-state index contributed by atoms with van der Waals surface area (Å²) in [5, 5.41) is 12.7. The van der Waals surface area contributed by atoms with Crippen molar-refractivity contribution in [3.8, 4) is 17.6 Å². The largest absolute Gasteiger partial charge is 0.493 e. The van der Waals surface area contributed by atoms with Gasteiger partial charge in [-0.15, -0.1) is 0 Å². The van der Waals surface area contributed by atoms with Crippen molar-refractivity contribution < 1.29 is 27.4 Å². The van der Waals surface area contributed by atoms with Gasteiger partial charge in [0.1, 0.15) is 18.2 Å². The number of benzene rings is 3. The fraction of sp³-hybridized carbons (Fsp3) is 0.120. The number of anilines is 1. The molecule has 0 aliphatic rings. The minimum absolute atomic E-state index is 0.0998. The topological polar surface area (TPSA) is 71.3 Å². The van der Waals surface area contributed by atoms with Crippen LogP contribution >= 0.6 is 39.1 Å². The number of amides is 1. The maximum absolute atomic E-state index is 12.9. The lowest BCUT2D eigenvalue weighted by molar-refractivity contribution is -0.137. The van der Waals surface area contributed by atoms with E-state index in [2.05, 4.69) is 21.2 Å². The van der Waals surface area contributed by atoms with Crippen molar-refractivity contribution in [3.05, 3.63) is 91.4 Å². The summed E-state index contributed by atoms with van der Waals surface area (Å²) in [7, 11) is 1.42. The number of carbonyl (C=O) groups is 1. The zero-order valence-electron chi connectivity index (χ0n) is 18.4. The van der Waals surface area contributed by atoms with E-state index >= 15 is 0 Å². The average Bonchev–Trinajstić information content (AvgIpc) is 2.82. The van der Waals surface area contributed by atoms with Crippen LogP contribution in [0.2, 0.25) is 10.0 Å². The molecule has 0 saturated heterocycles. The molecule has 0 atom stereocenters. The van der Waals surface area contributed by atoms with Gasteiger partial charge < -0.3 is 14.8 Å². The third kappa shape index (κ3) is 6.94. The quantitative estimate of drug-likeness (QED) is 0.221. The molecular weight excluding hydrogens is 584 g/mol. The third-order valence-corrected chi connectivity index (χ3v) is 6.07. The molecule has 3 aromatic carbocycles. The second-order valence-corrected chi connectivity index (χ2v) is 8.95. The Labute approximate surface area is 223 Å². The number of halogens is 6. The van der Waals surface area contributed by atoms with Crippen LogP contribution in [-0.2, 0) is 17.6 Å². The first-order chi connectivity index (χ1) is 17.0. The molecule has 0 aliphatic carbocycles. The number of methoxy groups -OCH3 is 1. The zero-order valence-corrected chi connectivity index (χ0v) is 21.5. The molecule has 3 aromatic rings. The predicted molar refractivity (Wildman–Crippen MR) is 135 cm³/mol. The minimum atomic E-state index is -4.57. The second-order valence-electron chi connectivity index (χ2n) is 7.25. The van der Waals surface area contributed by atoms with Crippen molar-refractivity contribution in [1.82, 2.24) is 0 Å². The van der Waals surface area contributed by atoms with Crippen molar-refractivity contribution in [3.63, 3.8) is 0 Å². The van der Waals surface area contributed by atoms with E-state index in [-0.39, 0.29) is 17.9 Å². The van der Waals surface area contributed by atoms with E-state index in [4.69, 9.17) is 32.7 Å². The summed E-state index contributed by atoms with van der Waals surface area (Å²) in [6.45, 7) is 0.122. The van der Waals surface area contributed by atoms with Gasteiger partial charge in [-0.1, -0.05) is 51.3 Å². The summed E-state index contributed by atoms with van der Waals surface area (Å²) in [4.78, 5) is 12.6. The van der Waals surface area contributed by atoms with E-state index in [1.54, 1.807) is 30.3 Å². The van der Waals surface area contributed by atoms with Crippen molar-refractivity contribution in [2.45, 2.75) is 12.8 Å². The van der Waals surface area contributed by atoms with Gasteiger partial charge in [-0.2, -0.15) is 18.4 Å². The van der Waals surface area contributed by atoms with E-state index in [1.165, 1.54) is 25.3 Å². The molecule has 0 unspecified atom stereocenters. The van der Waals surface area contributed by atoms with E-state index in [1.807, 2.05) is 0 Å². The monoisotopic (exact) mass is 598 g/mol. The third-order valence-electron chi connectivity index (χ3n) is 4.79. The molecule has 36 heavy (non-hydrogen) atoms. The zero-order chi connectivity index (χ0) is 26.5. The highest BCUT2D eigenvalue weighted by molar-refractivity contribution is 9.10. The Bertz CT molecular complexity index is 1370. The summed E-state index contributed by atoms with van der Waals surface area (Å²) in [6.07, 6.45) is -3.30. The Morgan fingerprint density at radius 1 is 1.14 bits per heavy atom. The van der Waals surface area contributed by atoms with Gasteiger partial charge in [-0.05, 0) is 54.1 Å². The van der Waals surface area contributed by atoms with Crippen LogP contribution in [0.15, 0.2) is 64.6 Å². The van der Waals surface area contributed by atoms with Gasteiger partial charge in [0.2, 0.25) is 0 Å². The summed E-state index contributed by atoms with van der Waals surface area (Å²) in [5.41, 5.74) is -0.263. The molecule has 0 saturated carbocycles. The second kappa shape index (κ2) is 11.7. The standard InChI is InChI=1S/C25H16BrCl2F3N2O3/c1-35-22-8-15(20(26)11-23(22)36-13-14-5-6-18(27)10-21(14)28)7-16(12-32)24(34)33-19-4-2-3-17(9-19)25(29,30)31/h2-11H,13H2,1H3,(H,33,34)/b16-7-. The molecule has 186 valence electrons. The normalized spacial score (nSPS) is 11.6. The molecule has 0 aliphatic heterocycles. The Kier molecular flexibility index (Phi) is 8.90. The molecule has 0 radical (unpaired) electrons. The lowest BCUT2D eigenvalue weighted by atomic mass is 10.1.